The standard InChI is InChI=1S/C11H15N5O5S/c1-20-6-5(18)3(2-17)21-9(6)16-7-4(13-11(16)22)8(19)15-10(12)14-7/h3,5-6,9,17-18H,2H2,1H3,(H,13,22)(H3,12,14,15,19)/t3-,5?,6?,9-/m1/s1. The molecular weight excluding hydrogens is 314 g/mol. The lowest BCUT2D eigenvalue weighted by atomic mass is 10.1. The predicted octanol–water partition coefficient (Wildman–Crippen LogP) is -1.37. The number of nitrogen functional groups attached to an aromatic ring is 1. The fraction of sp³-hybridized carbons (Fsp3) is 0.545. The van der Waals surface area contributed by atoms with Crippen LogP contribution in [-0.2, 0) is 9.47 Å². The Hall–Kier alpha value is -1.79. The quantitative estimate of drug-likeness (QED) is 0.433. The average molecular weight is 329 g/mol. The molecule has 1 aliphatic heterocycles. The minimum absolute atomic E-state index is 0.0773. The molecule has 0 aromatic carbocycles. The first-order chi connectivity index (χ1) is 10.5. The van der Waals surface area contributed by atoms with E-state index in [-0.39, 0.29) is 28.5 Å². The molecule has 1 saturated heterocycles. The summed E-state index contributed by atoms with van der Waals surface area (Å²) in [6.07, 6.45) is -3.52. The third-order valence-electron chi connectivity index (χ3n) is 3.62. The third-order valence-corrected chi connectivity index (χ3v) is 3.92. The van der Waals surface area contributed by atoms with Crippen molar-refractivity contribution < 1.29 is 19.7 Å². The number of aliphatic hydroxyl groups excluding tert-OH is 2. The molecule has 2 unspecified atom stereocenters. The van der Waals surface area contributed by atoms with E-state index in [1.807, 2.05) is 0 Å². The van der Waals surface area contributed by atoms with E-state index in [4.69, 9.17) is 27.4 Å². The Bertz CT molecular complexity index is 813. The molecule has 0 amide bonds. The van der Waals surface area contributed by atoms with Gasteiger partial charge in [0.1, 0.15) is 18.3 Å². The van der Waals surface area contributed by atoms with Crippen LogP contribution in [0.1, 0.15) is 6.23 Å². The summed E-state index contributed by atoms with van der Waals surface area (Å²) in [5.74, 6) is -0.0773. The van der Waals surface area contributed by atoms with Gasteiger partial charge in [-0.05, 0) is 12.2 Å². The van der Waals surface area contributed by atoms with Crippen LogP contribution >= 0.6 is 12.2 Å². The van der Waals surface area contributed by atoms with Crippen molar-refractivity contribution in [1.82, 2.24) is 19.5 Å². The first-order valence-electron chi connectivity index (χ1n) is 6.45. The second kappa shape index (κ2) is 5.44. The van der Waals surface area contributed by atoms with E-state index in [1.54, 1.807) is 0 Å². The van der Waals surface area contributed by atoms with E-state index < -0.39 is 30.1 Å². The van der Waals surface area contributed by atoms with Crippen LogP contribution in [0.3, 0.4) is 0 Å². The van der Waals surface area contributed by atoms with Crippen molar-refractivity contribution in [2.75, 3.05) is 19.5 Å². The number of ether oxygens (including phenoxy) is 2. The molecule has 120 valence electrons. The fourth-order valence-electron chi connectivity index (χ4n) is 2.60. The van der Waals surface area contributed by atoms with Crippen LogP contribution < -0.4 is 11.3 Å². The van der Waals surface area contributed by atoms with Gasteiger partial charge in [0, 0.05) is 7.11 Å². The number of H-pyrrole nitrogens is 2. The van der Waals surface area contributed by atoms with Crippen molar-refractivity contribution in [2.24, 2.45) is 0 Å². The number of imidazole rings is 1. The fourth-order valence-corrected chi connectivity index (χ4v) is 2.89. The number of aliphatic hydroxyl groups is 2. The second-order valence-electron chi connectivity index (χ2n) is 4.89. The Morgan fingerprint density at radius 3 is 2.91 bits per heavy atom. The summed E-state index contributed by atoms with van der Waals surface area (Å²) in [4.78, 5) is 21.0. The number of rotatable bonds is 3. The molecular formula is C11H15N5O5S. The summed E-state index contributed by atoms with van der Waals surface area (Å²) < 4.78 is 12.4. The zero-order valence-electron chi connectivity index (χ0n) is 11.5. The Balaban J connectivity index is 2.20. The molecule has 4 atom stereocenters. The van der Waals surface area contributed by atoms with Gasteiger partial charge >= 0.3 is 0 Å². The predicted molar refractivity (Wildman–Crippen MR) is 77.8 cm³/mol. The first kappa shape index (κ1) is 15.1. The maximum absolute atomic E-state index is 11.9. The molecule has 0 aliphatic carbocycles. The topological polar surface area (TPSA) is 151 Å². The molecule has 6 N–H and O–H groups in total. The van der Waals surface area contributed by atoms with Gasteiger partial charge in [-0.3, -0.25) is 14.3 Å². The average Bonchev–Trinajstić information content (AvgIpc) is 2.95. The van der Waals surface area contributed by atoms with Crippen LogP contribution in [0, 0.1) is 4.77 Å². The van der Waals surface area contributed by atoms with Crippen molar-refractivity contribution in [2.45, 2.75) is 24.5 Å². The molecule has 10 nitrogen and oxygen atoms in total. The van der Waals surface area contributed by atoms with E-state index in [9.17, 15) is 15.0 Å². The minimum Gasteiger partial charge on any atom is -0.394 e. The smallest absolute Gasteiger partial charge is 0.278 e. The van der Waals surface area contributed by atoms with E-state index >= 15 is 0 Å². The molecule has 22 heavy (non-hydrogen) atoms. The molecule has 1 aliphatic rings. The zero-order chi connectivity index (χ0) is 16.0. The summed E-state index contributed by atoms with van der Waals surface area (Å²) in [6, 6.07) is 0. The molecule has 3 rings (SSSR count). The highest BCUT2D eigenvalue weighted by molar-refractivity contribution is 7.71. The Morgan fingerprint density at radius 2 is 2.27 bits per heavy atom. The number of hydrogen-bond acceptors (Lipinski definition) is 8. The van der Waals surface area contributed by atoms with Gasteiger partial charge in [-0.1, -0.05) is 0 Å². The van der Waals surface area contributed by atoms with Crippen LogP contribution in [0.5, 0.6) is 0 Å². The van der Waals surface area contributed by atoms with Crippen LogP contribution in [0.15, 0.2) is 4.79 Å². The minimum atomic E-state index is -1.05. The highest BCUT2D eigenvalue weighted by atomic mass is 32.1. The molecule has 11 heteroatoms. The molecule has 0 bridgehead atoms. The molecule has 0 saturated carbocycles. The molecule has 0 radical (unpaired) electrons. The molecule has 2 aromatic rings. The number of nitrogens with one attached hydrogen (secondary N) is 2. The van der Waals surface area contributed by atoms with Crippen molar-refractivity contribution in [3.8, 4) is 0 Å². The monoisotopic (exact) mass is 329 g/mol. The van der Waals surface area contributed by atoms with Crippen LogP contribution in [0.2, 0.25) is 0 Å². The van der Waals surface area contributed by atoms with Crippen molar-refractivity contribution in [1.29, 1.82) is 0 Å². The van der Waals surface area contributed by atoms with Gasteiger partial charge in [-0.2, -0.15) is 4.98 Å². The van der Waals surface area contributed by atoms with E-state index in [1.165, 1.54) is 11.7 Å². The normalized spacial score (nSPS) is 28.5. The highest BCUT2D eigenvalue weighted by Crippen LogP contribution is 2.33. The maximum atomic E-state index is 11.9. The molecule has 3 heterocycles. The molecule has 0 spiro atoms. The van der Waals surface area contributed by atoms with Gasteiger partial charge in [-0.15, -0.1) is 0 Å². The summed E-state index contributed by atoms with van der Waals surface area (Å²) in [5, 5.41) is 19.4. The van der Waals surface area contributed by atoms with Crippen LogP contribution in [0.4, 0.5) is 5.95 Å². The molecule has 2 aromatic heterocycles. The largest absolute Gasteiger partial charge is 0.394 e. The number of aromatic nitrogens is 4. The van der Waals surface area contributed by atoms with Gasteiger partial charge in [0.25, 0.3) is 5.56 Å². The zero-order valence-corrected chi connectivity index (χ0v) is 12.3. The van der Waals surface area contributed by atoms with E-state index in [2.05, 4.69) is 15.0 Å². The number of fused-ring (bicyclic) bond motifs is 1. The summed E-state index contributed by atoms with van der Waals surface area (Å²) >= 11 is 5.20. The molecule has 1 fully saturated rings. The van der Waals surface area contributed by atoms with Crippen LogP contribution in [0.25, 0.3) is 11.2 Å². The lowest BCUT2D eigenvalue weighted by Crippen LogP contribution is -2.34. The number of nitrogens with two attached hydrogens (primary N) is 1. The van der Waals surface area contributed by atoms with Crippen molar-refractivity contribution in [3.63, 3.8) is 0 Å². The van der Waals surface area contributed by atoms with Crippen molar-refractivity contribution >= 4 is 29.3 Å². The Kier molecular flexibility index (Phi) is 3.74. The number of hydrogen-bond donors (Lipinski definition) is 5. The lowest BCUT2D eigenvalue weighted by Gasteiger charge is -2.20. The number of aromatic amines is 2. The number of anilines is 1. The van der Waals surface area contributed by atoms with Gasteiger partial charge in [-0.25, -0.2) is 0 Å². The SMILES string of the molecule is COC1C(O)[C@@H](CO)O[C@H]1n1c(=S)[nH]c2c(=O)[nH]c(N)nc21. The number of methoxy groups -OCH3 is 1. The lowest BCUT2D eigenvalue weighted by molar-refractivity contribution is -0.0589. The maximum Gasteiger partial charge on any atom is 0.278 e. The van der Waals surface area contributed by atoms with Gasteiger partial charge in [0.2, 0.25) is 5.95 Å². The Morgan fingerprint density at radius 1 is 1.55 bits per heavy atom. The summed E-state index contributed by atoms with van der Waals surface area (Å²) in [5.41, 5.74) is 5.41. The summed E-state index contributed by atoms with van der Waals surface area (Å²) in [6.45, 7) is -0.386. The third kappa shape index (κ3) is 2.14. The second-order valence-corrected chi connectivity index (χ2v) is 5.28. The number of nitrogens with zero attached hydrogens (tertiary/aromatic N) is 2. The van der Waals surface area contributed by atoms with Crippen molar-refractivity contribution in [3.05, 3.63) is 15.1 Å². The van der Waals surface area contributed by atoms with Gasteiger partial charge in [0.05, 0.1) is 6.61 Å². The highest BCUT2D eigenvalue weighted by Gasteiger charge is 2.45. The first-order valence-corrected chi connectivity index (χ1v) is 6.86. The van der Waals surface area contributed by atoms with E-state index in [0.717, 1.165) is 0 Å². The van der Waals surface area contributed by atoms with Gasteiger partial charge < -0.3 is 30.4 Å². The van der Waals surface area contributed by atoms with Gasteiger partial charge in [0.15, 0.2) is 22.2 Å². The Labute approximate surface area is 128 Å². The summed E-state index contributed by atoms with van der Waals surface area (Å²) in [7, 11) is 1.40. The van der Waals surface area contributed by atoms with E-state index in [0.29, 0.717) is 0 Å². The van der Waals surface area contributed by atoms with Crippen LogP contribution in [-0.4, -0.2) is 61.8 Å².